The van der Waals surface area contributed by atoms with Crippen molar-refractivity contribution in [1.29, 1.82) is 0 Å². The first kappa shape index (κ1) is 19.7. The van der Waals surface area contributed by atoms with Crippen LogP contribution in [-0.4, -0.2) is 23.9 Å². The lowest BCUT2D eigenvalue weighted by molar-refractivity contribution is -0.123. The van der Waals surface area contributed by atoms with Gasteiger partial charge in [0.05, 0.1) is 0 Å². The molecule has 2 atom stereocenters. The van der Waals surface area contributed by atoms with Crippen LogP contribution in [0.3, 0.4) is 0 Å². The maximum atomic E-state index is 12.5. The average Bonchev–Trinajstić information content (AvgIpc) is 2.90. The number of halogens is 1. The number of anilines is 1. The van der Waals surface area contributed by atoms with E-state index in [9.17, 15) is 14.4 Å². The topological polar surface area (TPSA) is 96.5 Å². The van der Waals surface area contributed by atoms with Crippen molar-refractivity contribution in [3.63, 3.8) is 0 Å². The van der Waals surface area contributed by atoms with Crippen molar-refractivity contribution in [3.8, 4) is 5.75 Å². The van der Waals surface area contributed by atoms with E-state index in [1.165, 1.54) is 0 Å². The number of nitrogens with one attached hydrogen (secondary N) is 3. The summed E-state index contributed by atoms with van der Waals surface area (Å²) in [5.74, 6) is -0.230. The summed E-state index contributed by atoms with van der Waals surface area (Å²) >= 11 is 5.93. The Labute approximate surface area is 167 Å². The highest BCUT2D eigenvalue weighted by molar-refractivity contribution is 6.30. The molecule has 146 valence electrons. The van der Waals surface area contributed by atoms with Crippen LogP contribution in [0.15, 0.2) is 42.5 Å². The first-order chi connectivity index (χ1) is 13.2. The van der Waals surface area contributed by atoms with Crippen molar-refractivity contribution in [2.24, 2.45) is 0 Å². The van der Waals surface area contributed by atoms with Gasteiger partial charge in [0.25, 0.3) is 11.8 Å². The molecule has 2 aromatic rings. The summed E-state index contributed by atoms with van der Waals surface area (Å²) in [7, 11) is 0. The molecule has 4 amide bonds. The zero-order valence-electron chi connectivity index (χ0n) is 15.6. The lowest BCUT2D eigenvalue weighted by atomic mass is 9.92. The van der Waals surface area contributed by atoms with Crippen LogP contribution in [0.25, 0.3) is 0 Å². The fraction of sp³-hybridized carbons (Fsp3) is 0.250. The molecule has 2 aromatic carbocycles. The molecule has 0 aliphatic carbocycles. The smallest absolute Gasteiger partial charge is 0.322 e. The van der Waals surface area contributed by atoms with Gasteiger partial charge in [0.15, 0.2) is 6.10 Å². The molecule has 0 radical (unpaired) electrons. The van der Waals surface area contributed by atoms with Gasteiger partial charge in [0.1, 0.15) is 11.3 Å². The van der Waals surface area contributed by atoms with Gasteiger partial charge < -0.3 is 15.4 Å². The molecular formula is C20H20ClN3O4. The Morgan fingerprint density at radius 2 is 1.96 bits per heavy atom. The molecule has 28 heavy (non-hydrogen) atoms. The molecule has 0 spiro atoms. The van der Waals surface area contributed by atoms with Gasteiger partial charge in [0.2, 0.25) is 0 Å². The van der Waals surface area contributed by atoms with Crippen LogP contribution in [0.5, 0.6) is 5.75 Å². The normalized spacial score (nSPS) is 19.6. The average molecular weight is 402 g/mol. The number of carbonyl (C=O) groups excluding carboxylic acids is 3. The molecule has 3 N–H and O–H groups in total. The number of aryl methyl sites for hydroxylation is 1. The number of imide groups is 1. The largest absolute Gasteiger partial charge is 0.481 e. The lowest BCUT2D eigenvalue weighted by Gasteiger charge is -2.22. The van der Waals surface area contributed by atoms with Crippen LogP contribution in [0.2, 0.25) is 5.02 Å². The quantitative estimate of drug-likeness (QED) is 0.670. The molecule has 1 aliphatic rings. The zero-order chi connectivity index (χ0) is 20.5. The van der Waals surface area contributed by atoms with Gasteiger partial charge in [0, 0.05) is 10.7 Å². The third-order valence-corrected chi connectivity index (χ3v) is 4.80. The van der Waals surface area contributed by atoms with Crippen LogP contribution in [0.4, 0.5) is 10.5 Å². The molecule has 3 rings (SSSR count). The number of ether oxygens (including phenoxy) is 1. The number of benzene rings is 2. The third-order valence-electron chi connectivity index (χ3n) is 4.56. The summed E-state index contributed by atoms with van der Waals surface area (Å²) in [5.41, 5.74) is 0.669. The van der Waals surface area contributed by atoms with E-state index in [0.29, 0.717) is 22.0 Å². The Morgan fingerprint density at radius 1 is 1.21 bits per heavy atom. The highest BCUT2D eigenvalue weighted by Crippen LogP contribution is 2.27. The molecule has 1 heterocycles. The Kier molecular flexibility index (Phi) is 5.29. The van der Waals surface area contributed by atoms with E-state index in [2.05, 4.69) is 16.0 Å². The van der Waals surface area contributed by atoms with Crippen molar-refractivity contribution in [1.82, 2.24) is 10.6 Å². The van der Waals surface area contributed by atoms with Crippen molar-refractivity contribution in [2.45, 2.75) is 32.4 Å². The second kappa shape index (κ2) is 7.52. The zero-order valence-corrected chi connectivity index (χ0v) is 16.4. The molecule has 0 saturated carbocycles. The van der Waals surface area contributed by atoms with Crippen LogP contribution in [0.1, 0.15) is 25.0 Å². The summed E-state index contributed by atoms with van der Waals surface area (Å²) in [4.78, 5) is 36.1. The molecule has 0 unspecified atom stereocenters. The highest BCUT2D eigenvalue weighted by Gasteiger charge is 2.43. The SMILES string of the molecule is Cc1cc(Cl)ccc1O[C@@H](C)C(=O)Nc1cccc([C@@]2(C)NC(=O)NC2=O)c1. The summed E-state index contributed by atoms with van der Waals surface area (Å²) in [6.07, 6.45) is -0.756. The van der Waals surface area contributed by atoms with Crippen molar-refractivity contribution >= 4 is 35.1 Å². The van der Waals surface area contributed by atoms with Crippen LogP contribution in [0, 0.1) is 6.92 Å². The Balaban J connectivity index is 1.72. The second-order valence-corrected chi connectivity index (χ2v) is 7.21. The molecule has 1 fully saturated rings. The number of carbonyl (C=O) groups is 3. The second-order valence-electron chi connectivity index (χ2n) is 6.77. The Bertz CT molecular complexity index is 962. The summed E-state index contributed by atoms with van der Waals surface area (Å²) in [5, 5.41) is 8.17. The molecule has 1 aliphatic heterocycles. The highest BCUT2D eigenvalue weighted by atomic mass is 35.5. The van der Waals surface area contributed by atoms with E-state index in [1.807, 2.05) is 6.92 Å². The summed E-state index contributed by atoms with van der Waals surface area (Å²) in [6, 6.07) is 11.3. The van der Waals surface area contributed by atoms with Gasteiger partial charge in [-0.2, -0.15) is 0 Å². The van der Waals surface area contributed by atoms with Gasteiger partial charge in [-0.1, -0.05) is 23.7 Å². The maximum absolute atomic E-state index is 12.5. The van der Waals surface area contributed by atoms with Crippen molar-refractivity contribution < 1.29 is 19.1 Å². The number of hydrogen-bond donors (Lipinski definition) is 3. The maximum Gasteiger partial charge on any atom is 0.322 e. The van der Waals surface area contributed by atoms with Gasteiger partial charge >= 0.3 is 6.03 Å². The van der Waals surface area contributed by atoms with Crippen LogP contribution < -0.4 is 20.7 Å². The molecule has 0 aromatic heterocycles. The van der Waals surface area contributed by atoms with Gasteiger partial charge in [-0.3, -0.25) is 14.9 Å². The molecular weight excluding hydrogens is 382 g/mol. The summed E-state index contributed by atoms with van der Waals surface area (Å²) < 4.78 is 5.72. The molecule has 7 nitrogen and oxygen atoms in total. The minimum Gasteiger partial charge on any atom is -0.481 e. The van der Waals surface area contributed by atoms with E-state index < -0.39 is 23.6 Å². The molecule has 8 heteroatoms. The van der Waals surface area contributed by atoms with Gasteiger partial charge in [-0.05, 0) is 62.2 Å². The first-order valence-corrected chi connectivity index (χ1v) is 9.04. The van der Waals surface area contributed by atoms with E-state index in [0.717, 1.165) is 5.56 Å². The molecule has 0 bridgehead atoms. The molecule has 1 saturated heterocycles. The third kappa shape index (κ3) is 3.94. The fourth-order valence-corrected chi connectivity index (χ4v) is 3.11. The van der Waals surface area contributed by atoms with Crippen LogP contribution >= 0.6 is 11.6 Å². The first-order valence-electron chi connectivity index (χ1n) is 8.67. The van der Waals surface area contributed by atoms with Crippen LogP contribution in [-0.2, 0) is 15.1 Å². The monoisotopic (exact) mass is 401 g/mol. The van der Waals surface area contributed by atoms with E-state index in [1.54, 1.807) is 56.3 Å². The predicted molar refractivity (Wildman–Crippen MR) is 105 cm³/mol. The summed E-state index contributed by atoms with van der Waals surface area (Å²) in [6.45, 7) is 5.08. The number of rotatable bonds is 5. The van der Waals surface area contributed by atoms with E-state index >= 15 is 0 Å². The minimum absolute atomic E-state index is 0.350. The number of amides is 4. The number of urea groups is 1. The van der Waals surface area contributed by atoms with Crippen molar-refractivity contribution in [3.05, 3.63) is 58.6 Å². The standard InChI is InChI=1S/C20H20ClN3O4/c1-11-9-14(21)7-8-16(11)28-12(2)17(25)22-15-6-4-5-13(10-15)20(3)18(26)23-19(27)24-20/h4-10,12H,1-3H3,(H,22,25)(H2,23,24,26,27)/t12-,20+/m0/s1. The van der Waals surface area contributed by atoms with Crippen molar-refractivity contribution in [2.75, 3.05) is 5.32 Å². The Morgan fingerprint density at radius 3 is 2.61 bits per heavy atom. The van der Waals surface area contributed by atoms with Gasteiger partial charge in [-0.15, -0.1) is 0 Å². The predicted octanol–water partition coefficient (Wildman–Crippen LogP) is 3.11. The number of hydrogen-bond acceptors (Lipinski definition) is 4. The van der Waals surface area contributed by atoms with E-state index in [4.69, 9.17) is 16.3 Å². The van der Waals surface area contributed by atoms with E-state index in [-0.39, 0.29) is 5.91 Å². The fourth-order valence-electron chi connectivity index (χ4n) is 2.89. The minimum atomic E-state index is -1.19. The Hall–Kier alpha value is -3.06. The lowest BCUT2D eigenvalue weighted by Crippen LogP contribution is -2.40. The van der Waals surface area contributed by atoms with Gasteiger partial charge in [-0.25, -0.2) is 4.79 Å².